The Hall–Kier alpha value is -1.42. The fourth-order valence-corrected chi connectivity index (χ4v) is 2.71. The van der Waals surface area contributed by atoms with E-state index in [2.05, 4.69) is 4.72 Å². The zero-order chi connectivity index (χ0) is 13.9. The second-order valence-electron chi connectivity index (χ2n) is 3.71. The van der Waals surface area contributed by atoms with Crippen molar-refractivity contribution in [1.82, 2.24) is 4.72 Å². The maximum absolute atomic E-state index is 11.9. The SMILES string of the molecule is CC(=O)C(C)NS(=O)(=O)c1ccc(C#N)c(Cl)c1. The van der Waals surface area contributed by atoms with E-state index in [0.717, 1.165) is 0 Å². The van der Waals surface area contributed by atoms with Gasteiger partial charge in [-0.25, -0.2) is 13.1 Å². The van der Waals surface area contributed by atoms with Gasteiger partial charge in [-0.1, -0.05) is 11.6 Å². The third kappa shape index (κ3) is 3.29. The fraction of sp³-hybridized carbons (Fsp3) is 0.273. The van der Waals surface area contributed by atoms with Gasteiger partial charge in [-0.2, -0.15) is 5.26 Å². The fourth-order valence-electron chi connectivity index (χ4n) is 1.14. The Labute approximate surface area is 110 Å². The molecule has 0 amide bonds. The van der Waals surface area contributed by atoms with Gasteiger partial charge in [0.05, 0.1) is 21.5 Å². The van der Waals surface area contributed by atoms with Crippen LogP contribution in [0.1, 0.15) is 19.4 Å². The lowest BCUT2D eigenvalue weighted by atomic mass is 10.2. The van der Waals surface area contributed by atoms with Crippen molar-refractivity contribution in [2.75, 3.05) is 0 Å². The van der Waals surface area contributed by atoms with Gasteiger partial charge in [0.15, 0.2) is 0 Å². The number of carbonyl (C=O) groups is 1. The maximum atomic E-state index is 11.9. The molecule has 1 unspecified atom stereocenters. The summed E-state index contributed by atoms with van der Waals surface area (Å²) in [6.07, 6.45) is 0. The number of hydrogen-bond acceptors (Lipinski definition) is 4. The summed E-state index contributed by atoms with van der Waals surface area (Å²) in [6.45, 7) is 2.74. The first kappa shape index (κ1) is 14.6. The minimum absolute atomic E-state index is 0.0517. The van der Waals surface area contributed by atoms with Crippen molar-refractivity contribution in [2.45, 2.75) is 24.8 Å². The van der Waals surface area contributed by atoms with E-state index in [1.54, 1.807) is 0 Å². The van der Waals surface area contributed by atoms with Crippen LogP contribution in [0.2, 0.25) is 5.02 Å². The number of hydrogen-bond donors (Lipinski definition) is 1. The van der Waals surface area contributed by atoms with E-state index < -0.39 is 16.1 Å². The molecule has 0 radical (unpaired) electrons. The molecular weight excluding hydrogens is 276 g/mol. The van der Waals surface area contributed by atoms with Crippen LogP contribution < -0.4 is 4.72 Å². The van der Waals surface area contributed by atoms with E-state index in [1.165, 1.54) is 32.0 Å². The molecule has 1 aromatic carbocycles. The van der Waals surface area contributed by atoms with Crippen LogP contribution in [0, 0.1) is 11.3 Å². The third-order valence-electron chi connectivity index (χ3n) is 2.31. The first-order chi connectivity index (χ1) is 8.27. The molecule has 96 valence electrons. The van der Waals surface area contributed by atoms with Crippen molar-refractivity contribution < 1.29 is 13.2 Å². The predicted octanol–water partition coefficient (Wildman–Crippen LogP) is 1.47. The summed E-state index contributed by atoms with van der Waals surface area (Å²) < 4.78 is 26.0. The van der Waals surface area contributed by atoms with Crippen molar-refractivity contribution in [2.24, 2.45) is 0 Å². The van der Waals surface area contributed by atoms with Crippen molar-refractivity contribution in [1.29, 1.82) is 5.26 Å². The lowest BCUT2D eigenvalue weighted by Gasteiger charge is -2.11. The number of nitrogens with one attached hydrogen (secondary N) is 1. The van der Waals surface area contributed by atoms with Gasteiger partial charge < -0.3 is 0 Å². The number of rotatable bonds is 4. The molecule has 0 aliphatic carbocycles. The van der Waals surface area contributed by atoms with E-state index in [1.807, 2.05) is 6.07 Å². The van der Waals surface area contributed by atoms with Crippen LogP contribution in [0.4, 0.5) is 0 Å². The summed E-state index contributed by atoms with van der Waals surface area (Å²) in [5.74, 6) is -0.293. The van der Waals surface area contributed by atoms with Gasteiger partial charge in [0.25, 0.3) is 0 Å². The van der Waals surface area contributed by atoms with E-state index in [9.17, 15) is 13.2 Å². The normalized spacial score (nSPS) is 12.8. The topological polar surface area (TPSA) is 87.0 Å². The van der Waals surface area contributed by atoms with Gasteiger partial charge >= 0.3 is 0 Å². The number of sulfonamides is 1. The van der Waals surface area contributed by atoms with Gasteiger partial charge in [0, 0.05) is 0 Å². The summed E-state index contributed by atoms with van der Waals surface area (Å²) in [5.41, 5.74) is 0.190. The van der Waals surface area contributed by atoms with Crippen LogP contribution in [-0.2, 0) is 14.8 Å². The highest BCUT2D eigenvalue weighted by Crippen LogP contribution is 2.20. The molecule has 18 heavy (non-hydrogen) atoms. The Balaban J connectivity index is 3.11. The Bertz CT molecular complexity index is 620. The largest absolute Gasteiger partial charge is 0.298 e. The quantitative estimate of drug-likeness (QED) is 0.908. The van der Waals surface area contributed by atoms with Crippen molar-refractivity contribution in [3.8, 4) is 6.07 Å². The molecule has 0 spiro atoms. The van der Waals surface area contributed by atoms with Gasteiger partial charge in [-0.05, 0) is 32.0 Å². The van der Waals surface area contributed by atoms with Crippen LogP contribution in [-0.4, -0.2) is 20.2 Å². The average Bonchev–Trinajstić information content (AvgIpc) is 2.28. The Morgan fingerprint density at radius 3 is 2.56 bits per heavy atom. The number of nitrogens with zero attached hydrogens (tertiary/aromatic N) is 1. The number of ketones is 1. The molecule has 0 heterocycles. The van der Waals surface area contributed by atoms with E-state index in [4.69, 9.17) is 16.9 Å². The van der Waals surface area contributed by atoms with E-state index in [-0.39, 0.29) is 21.3 Å². The van der Waals surface area contributed by atoms with E-state index in [0.29, 0.717) is 0 Å². The Morgan fingerprint density at radius 2 is 2.11 bits per heavy atom. The second kappa shape index (κ2) is 5.48. The average molecular weight is 287 g/mol. The van der Waals surface area contributed by atoms with Crippen LogP contribution in [0.15, 0.2) is 23.1 Å². The molecule has 0 saturated heterocycles. The highest BCUT2D eigenvalue weighted by molar-refractivity contribution is 7.89. The van der Waals surface area contributed by atoms with E-state index >= 15 is 0 Å². The molecule has 0 fully saturated rings. The molecule has 1 N–H and O–H groups in total. The highest BCUT2D eigenvalue weighted by atomic mass is 35.5. The molecule has 0 aromatic heterocycles. The number of carbonyl (C=O) groups excluding carboxylic acids is 1. The van der Waals surface area contributed by atoms with Crippen molar-refractivity contribution in [3.63, 3.8) is 0 Å². The predicted molar refractivity (Wildman–Crippen MR) is 66.6 cm³/mol. The summed E-state index contributed by atoms with van der Waals surface area (Å²) in [7, 11) is -3.82. The van der Waals surface area contributed by atoms with Crippen LogP contribution in [0.5, 0.6) is 0 Å². The molecule has 0 aliphatic rings. The molecular formula is C11H11ClN2O3S. The highest BCUT2D eigenvalue weighted by Gasteiger charge is 2.20. The molecule has 7 heteroatoms. The first-order valence-corrected chi connectivity index (χ1v) is 6.86. The molecule has 0 bridgehead atoms. The second-order valence-corrected chi connectivity index (χ2v) is 5.83. The van der Waals surface area contributed by atoms with Crippen LogP contribution in [0.3, 0.4) is 0 Å². The third-order valence-corrected chi connectivity index (χ3v) is 4.16. The minimum Gasteiger partial charge on any atom is -0.298 e. The Kier molecular flexibility index (Phi) is 4.46. The van der Waals surface area contributed by atoms with Gasteiger partial charge in [0.2, 0.25) is 10.0 Å². The minimum atomic E-state index is -3.82. The molecule has 1 atom stereocenters. The monoisotopic (exact) mass is 286 g/mol. The smallest absolute Gasteiger partial charge is 0.241 e. The summed E-state index contributed by atoms with van der Waals surface area (Å²) in [5, 5.41) is 8.74. The zero-order valence-corrected chi connectivity index (χ0v) is 11.3. The van der Waals surface area contributed by atoms with Crippen LogP contribution in [0.25, 0.3) is 0 Å². The molecule has 5 nitrogen and oxygen atoms in total. The summed E-state index contributed by atoms with van der Waals surface area (Å²) >= 11 is 5.75. The van der Waals surface area contributed by atoms with Crippen molar-refractivity contribution in [3.05, 3.63) is 28.8 Å². The van der Waals surface area contributed by atoms with Crippen molar-refractivity contribution >= 4 is 27.4 Å². The number of nitriles is 1. The number of benzene rings is 1. The Morgan fingerprint density at radius 1 is 1.50 bits per heavy atom. The maximum Gasteiger partial charge on any atom is 0.241 e. The van der Waals surface area contributed by atoms with Crippen LogP contribution >= 0.6 is 11.6 Å². The lowest BCUT2D eigenvalue weighted by molar-refractivity contribution is -0.118. The number of Topliss-reactive ketones (excluding diaryl/α,β-unsaturated/α-hetero) is 1. The van der Waals surface area contributed by atoms with Gasteiger partial charge in [-0.15, -0.1) is 0 Å². The van der Waals surface area contributed by atoms with Gasteiger partial charge in [-0.3, -0.25) is 4.79 Å². The first-order valence-electron chi connectivity index (χ1n) is 5.00. The van der Waals surface area contributed by atoms with Gasteiger partial charge in [0.1, 0.15) is 11.9 Å². The molecule has 0 saturated carbocycles. The lowest BCUT2D eigenvalue weighted by Crippen LogP contribution is -2.37. The number of halogens is 1. The molecule has 0 aliphatic heterocycles. The molecule has 1 rings (SSSR count). The zero-order valence-electron chi connectivity index (χ0n) is 9.77. The molecule has 1 aromatic rings. The standard InChI is InChI=1S/C11H11ClN2O3S/c1-7(8(2)15)14-18(16,17)10-4-3-9(6-13)11(12)5-10/h3-5,7,14H,1-2H3. The summed E-state index contributed by atoms with van der Waals surface area (Å²) in [4.78, 5) is 10.9. The summed E-state index contributed by atoms with van der Waals surface area (Å²) in [6, 6.07) is 4.77.